The van der Waals surface area contributed by atoms with E-state index < -0.39 is 0 Å². The van der Waals surface area contributed by atoms with Crippen molar-refractivity contribution in [3.05, 3.63) is 164 Å². The van der Waals surface area contributed by atoms with Crippen LogP contribution in [0.1, 0.15) is 0 Å². The molecule has 12 aromatic rings. The van der Waals surface area contributed by atoms with Gasteiger partial charge in [-0.3, -0.25) is 0 Å². The summed E-state index contributed by atoms with van der Waals surface area (Å²) in [6.45, 7) is 0. The second-order valence-corrected chi connectivity index (χ2v) is 15.0. The van der Waals surface area contributed by atoms with Gasteiger partial charge < -0.3 is 8.83 Å². The predicted octanol–water partition coefficient (Wildman–Crippen LogP) is 13.2. The highest BCUT2D eigenvalue weighted by Crippen LogP contribution is 2.45. The lowest BCUT2D eigenvalue weighted by molar-refractivity contribution is 0.667. The van der Waals surface area contributed by atoms with Crippen LogP contribution in [0.3, 0.4) is 0 Å². The molecule has 57 heavy (non-hydrogen) atoms. The maximum Gasteiger partial charge on any atom is 0.180 e. The Morgan fingerprint density at radius 3 is 1.60 bits per heavy atom. The highest BCUT2D eigenvalue weighted by molar-refractivity contribution is 7.26. The van der Waals surface area contributed by atoms with Crippen LogP contribution in [-0.4, -0.2) is 24.9 Å². The molecule has 0 aliphatic carbocycles. The van der Waals surface area contributed by atoms with Crippen LogP contribution in [0.25, 0.3) is 121 Å². The molecule has 0 saturated heterocycles. The third-order valence-corrected chi connectivity index (χ3v) is 11.8. The van der Waals surface area contributed by atoms with Gasteiger partial charge in [-0.25, -0.2) is 24.9 Å². The first-order valence-corrected chi connectivity index (χ1v) is 19.5. The Kier molecular flexibility index (Phi) is 6.96. The SMILES string of the molecule is c1ccc(-c2nc(-c3ccccc3)nc(-c3cccc4oc5cccc(-c6nc(-c7cccc8c7sc7ccccc78)c7oc8ccccc8c7n6)c5c34)n2)cc1. The van der Waals surface area contributed by atoms with E-state index in [0.717, 1.165) is 65.5 Å². The number of fused-ring (bicyclic) bond motifs is 9. The lowest BCUT2D eigenvalue weighted by Gasteiger charge is -2.10. The fraction of sp³-hybridized carbons (Fsp3) is 0. The zero-order chi connectivity index (χ0) is 37.5. The minimum absolute atomic E-state index is 0.542. The molecule has 0 unspecified atom stereocenters. The second-order valence-electron chi connectivity index (χ2n) is 14.0. The van der Waals surface area contributed by atoms with Crippen LogP contribution in [0, 0.1) is 0 Å². The average molecular weight is 750 g/mol. The van der Waals surface area contributed by atoms with Gasteiger partial charge in [-0.15, -0.1) is 11.3 Å². The number of thiophene rings is 1. The zero-order valence-corrected chi connectivity index (χ0v) is 30.9. The Bertz CT molecular complexity index is 3480. The summed E-state index contributed by atoms with van der Waals surface area (Å²) in [7, 11) is 0. The van der Waals surface area contributed by atoms with Gasteiger partial charge in [0.2, 0.25) is 0 Å². The van der Waals surface area contributed by atoms with Gasteiger partial charge in [0.05, 0.1) is 0 Å². The van der Waals surface area contributed by atoms with E-state index in [1.807, 2.05) is 109 Å². The summed E-state index contributed by atoms with van der Waals surface area (Å²) in [5.74, 6) is 2.28. The van der Waals surface area contributed by atoms with Crippen LogP contribution in [-0.2, 0) is 0 Å². The van der Waals surface area contributed by atoms with Crippen LogP contribution in [0.2, 0.25) is 0 Å². The second kappa shape index (κ2) is 12.5. The van der Waals surface area contributed by atoms with E-state index in [2.05, 4.69) is 54.6 Å². The summed E-state index contributed by atoms with van der Waals surface area (Å²) >= 11 is 1.77. The van der Waals surface area contributed by atoms with Crippen LogP contribution in [0.4, 0.5) is 0 Å². The fourth-order valence-electron chi connectivity index (χ4n) is 8.00. The van der Waals surface area contributed by atoms with E-state index in [-0.39, 0.29) is 0 Å². The Morgan fingerprint density at radius 2 is 0.895 bits per heavy atom. The quantitative estimate of drug-likeness (QED) is 0.173. The van der Waals surface area contributed by atoms with E-state index in [1.54, 1.807) is 11.3 Å². The lowest BCUT2D eigenvalue weighted by atomic mass is 10.0. The van der Waals surface area contributed by atoms with Gasteiger partial charge in [0.1, 0.15) is 28.0 Å². The van der Waals surface area contributed by atoms with Gasteiger partial charge in [0, 0.05) is 64.1 Å². The number of hydrogen-bond acceptors (Lipinski definition) is 8. The van der Waals surface area contributed by atoms with E-state index in [0.29, 0.717) is 40.0 Å². The maximum atomic E-state index is 6.61. The number of nitrogens with zero attached hydrogens (tertiary/aromatic N) is 5. The zero-order valence-electron chi connectivity index (χ0n) is 30.0. The normalized spacial score (nSPS) is 11.9. The maximum absolute atomic E-state index is 6.61. The minimum Gasteiger partial charge on any atom is -0.456 e. The summed E-state index contributed by atoms with van der Waals surface area (Å²) in [5.41, 5.74) is 8.79. The average Bonchev–Trinajstić information content (AvgIpc) is 3.98. The molecule has 266 valence electrons. The van der Waals surface area contributed by atoms with Gasteiger partial charge in [0.15, 0.2) is 28.9 Å². The molecule has 5 heterocycles. The van der Waals surface area contributed by atoms with Gasteiger partial charge in [0.25, 0.3) is 0 Å². The molecule has 7 nitrogen and oxygen atoms in total. The monoisotopic (exact) mass is 749 g/mol. The Balaban J connectivity index is 1.14. The van der Waals surface area contributed by atoms with Gasteiger partial charge in [-0.1, -0.05) is 133 Å². The molecule has 0 aliphatic rings. The highest BCUT2D eigenvalue weighted by Gasteiger charge is 2.24. The number of benzene rings is 7. The molecule has 8 heteroatoms. The van der Waals surface area contributed by atoms with Crippen molar-refractivity contribution in [2.75, 3.05) is 0 Å². The van der Waals surface area contributed by atoms with Crippen molar-refractivity contribution in [1.82, 2.24) is 24.9 Å². The molecule has 0 amide bonds. The molecule has 0 fully saturated rings. The van der Waals surface area contributed by atoms with Crippen molar-refractivity contribution in [2.45, 2.75) is 0 Å². The first-order valence-electron chi connectivity index (χ1n) is 18.7. The van der Waals surface area contributed by atoms with Crippen molar-refractivity contribution < 1.29 is 8.83 Å². The summed E-state index contributed by atoms with van der Waals surface area (Å²) in [4.78, 5) is 25.9. The minimum atomic E-state index is 0.542. The van der Waals surface area contributed by atoms with E-state index in [9.17, 15) is 0 Å². The van der Waals surface area contributed by atoms with E-state index in [4.69, 9.17) is 33.8 Å². The Morgan fingerprint density at radius 1 is 0.368 bits per heavy atom. The summed E-state index contributed by atoms with van der Waals surface area (Å²) < 4.78 is 15.6. The Hall–Kier alpha value is -7.55. The third kappa shape index (κ3) is 5.01. The number of rotatable bonds is 5. The number of para-hydroxylation sites is 1. The third-order valence-electron chi connectivity index (χ3n) is 10.6. The standard InChI is InChI=1S/C49H27N5O2S/c1-3-14-28(15-4-1)46-52-47(29-16-5-2-6-17-29)54-49(53-46)34-22-13-26-38-41(34)40-33(21-12-25-37(40)55-38)48-50-42-32-19-7-9-24-36(32)56-44(42)43(51-48)35-23-11-20-31-30-18-8-10-27-39(30)57-45(31)35/h1-27H. The fourth-order valence-corrected chi connectivity index (χ4v) is 9.21. The van der Waals surface area contributed by atoms with Gasteiger partial charge in [-0.2, -0.15) is 0 Å². The molecule has 0 aliphatic heterocycles. The van der Waals surface area contributed by atoms with Crippen molar-refractivity contribution in [3.63, 3.8) is 0 Å². The van der Waals surface area contributed by atoms with Gasteiger partial charge in [-0.05, 0) is 30.3 Å². The molecular formula is C49H27N5O2S. The van der Waals surface area contributed by atoms with Crippen molar-refractivity contribution in [1.29, 1.82) is 0 Å². The molecule has 0 atom stereocenters. The van der Waals surface area contributed by atoms with Crippen LogP contribution >= 0.6 is 11.3 Å². The van der Waals surface area contributed by atoms with Crippen molar-refractivity contribution in [2.24, 2.45) is 0 Å². The first-order chi connectivity index (χ1) is 28.2. The molecule has 12 rings (SSSR count). The molecule has 0 radical (unpaired) electrons. The largest absolute Gasteiger partial charge is 0.456 e. The molecule has 5 aromatic heterocycles. The molecule has 0 spiro atoms. The van der Waals surface area contributed by atoms with Crippen molar-refractivity contribution >= 4 is 75.5 Å². The molecule has 0 saturated carbocycles. The number of hydrogen-bond donors (Lipinski definition) is 0. The predicted molar refractivity (Wildman–Crippen MR) is 230 cm³/mol. The van der Waals surface area contributed by atoms with Crippen LogP contribution < -0.4 is 0 Å². The summed E-state index contributed by atoms with van der Waals surface area (Å²) in [6.07, 6.45) is 0. The molecular weight excluding hydrogens is 723 g/mol. The van der Waals surface area contributed by atoms with Gasteiger partial charge >= 0.3 is 0 Å². The first kappa shape index (κ1) is 31.8. The Labute approximate surface area is 328 Å². The lowest BCUT2D eigenvalue weighted by Crippen LogP contribution is -2.00. The van der Waals surface area contributed by atoms with E-state index in [1.165, 1.54) is 15.5 Å². The topological polar surface area (TPSA) is 90.7 Å². The molecule has 7 aromatic carbocycles. The highest BCUT2D eigenvalue weighted by atomic mass is 32.1. The van der Waals surface area contributed by atoms with Crippen LogP contribution in [0.5, 0.6) is 0 Å². The smallest absolute Gasteiger partial charge is 0.180 e. The summed E-state index contributed by atoms with van der Waals surface area (Å²) in [5, 5.41) is 5.09. The molecule has 0 N–H and O–H groups in total. The number of aromatic nitrogens is 5. The number of furan rings is 2. The van der Waals surface area contributed by atoms with Crippen LogP contribution in [0.15, 0.2) is 173 Å². The summed E-state index contributed by atoms with van der Waals surface area (Å²) in [6, 6.07) is 55.1. The molecule has 0 bridgehead atoms. The van der Waals surface area contributed by atoms with E-state index >= 15 is 0 Å². The van der Waals surface area contributed by atoms with Crippen molar-refractivity contribution in [3.8, 4) is 56.8 Å².